The van der Waals surface area contributed by atoms with Gasteiger partial charge in [0, 0.05) is 36.5 Å². The fraction of sp³-hybridized carbons (Fsp3) is 0.224. The first kappa shape index (κ1) is 41.1. The number of rotatable bonds is 20. The number of aliphatic imine (C=N–C) groups is 1. The second-order valence-electron chi connectivity index (χ2n) is 14.4. The first-order valence-corrected chi connectivity index (χ1v) is 20.0. The molecule has 6 aromatic carbocycles. The molecule has 0 saturated heterocycles. The van der Waals surface area contributed by atoms with Gasteiger partial charge < -0.3 is 29.4 Å². The van der Waals surface area contributed by atoms with E-state index in [0.29, 0.717) is 73.5 Å². The van der Waals surface area contributed by atoms with Gasteiger partial charge >= 0.3 is 0 Å². The van der Waals surface area contributed by atoms with Gasteiger partial charge in [0.15, 0.2) is 23.1 Å². The van der Waals surface area contributed by atoms with Crippen LogP contribution >= 0.6 is 0 Å². The largest absolute Gasteiger partial charge is 0.494 e. The number of nitrogens with zero attached hydrogens (tertiary/aromatic N) is 4. The van der Waals surface area contributed by atoms with Crippen LogP contribution in [-0.2, 0) is 42.1 Å². The van der Waals surface area contributed by atoms with Crippen LogP contribution in [0, 0.1) is 0 Å². The predicted octanol–water partition coefficient (Wildman–Crippen LogP) is 9.27. The van der Waals surface area contributed by atoms with E-state index < -0.39 is 11.6 Å². The number of carbonyl (C=O) groups is 1. The van der Waals surface area contributed by atoms with Crippen molar-refractivity contribution >= 4 is 11.8 Å². The van der Waals surface area contributed by atoms with Gasteiger partial charge in [0.05, 0.1) is 13.2 Å². The number of benzene rings is 6. The quantitative estimate of drug-likeness (QED) is 0.0341. The molecule has 60 heavy (non-hydrogen) atoms. The highest BCUT2D eigenvalue weighted by atomic mass is 16.5. The summed E-state index contributed by atoms with van der Waals surface area (Å²) in [5.74, 6) is 1.87. The van der Waals surface area contributed by atoms with E-state index in [1.807, 2.05) is 158 Å². The average Bonchev–Trinajstić information content (AvgIpc) is 3.68. The molecule has 0 unspecified atom stereocenters. The smallest absolute Gasteiger partial charge is 0.252 e. The van der Waals surface area contributed by atoms with Crippen molar-refractivity contribution in [2.24, 2.45) is 10.1 Å². The normalized spacial score (nSPS) is 15.6. The van der Waals surface area contributed by atoms with E-state index in [4.69, 9.17) is 23.9 Å². The van der Waals surface area contributed by atoms with Crippen molar-refractivity contribution in [2.75, 3.05) is 19.8 Å². The molecule has 0 aliphatic carbocycles. The molecule has 1 heterocycles. The number of nitrogens with one attached hydrogen (secondary N) is 1. The minimum absolute atomic E-state index is 0.0392. The van der Waals surface area contributed by atoms with Crippen molar-refractivity contribution in [1.82, 2.24) is 5.32 Å². The van der Waals surface area contributed by atoms with Gasteiger partial charge in [0.1, 0.15) is 19.0 Å². The van der Waals surface area contributed by atoms with Gasteiger partial charge in [-0.1, -0.05) is 126 Å². The zero-order valence-corrected chi connectivity index (χ0v) is 33.2. The molecule has 11 nitrogen and oxygen atoms in total. The number of azide groups is 1. The van der Waals surface area contributed by atoms with E-state index in [1.165, 1.54) is 0 Å². The van der Waals surface area contributed by atoms with Crippen LogP contribution in [0.15, 0.2) is 168 Å². The molecular formula is C49H47N5O6. The number of hydrogen-bond acceptors (Lipinski definition) is 8. The summed E-state index contributed by atoms with van der Waals surface area (Å²) in [5.41, 5.74) is 13.8. The second kappa shape index (κ2) is 20.6. The Kier molecular flexibility index (Phi) is 14.1. The van der Waals surface area contributed by atoms with Gasteiger partial charge in [-0.3, -0.25) is 4.79 Å². The molecule has 1 aliphatic heterocycles. The molecule has 2 N–H and O–H groups in total. The maximum absolute atomic E-state index is 15.0. The third-order valence-corrected chi connectivity index (χ3v) is 10.2. The van der Waals surface area contributed by atoms with Crippen molar-refractivity contribution in [3.8, 4) is 17.2 Å². The summed E-state index contributed by atoms with van der Waals surface area (Å²) in [6.07, 6.45) is 0.388. The molecule has 6 aromatic rings. The summed E-state index contributed by atoms with van der Waals surface area (Å²) in [5, 5.41) is 16.3. The van der Waals surface area contributed by atoms with Crippen LogP contribution in [0.4, 0.5) is 0 Å². The topological polar surface area (TPSA) is 147 Å². The molecule has 7 rings (SSSR count). The van der Waals surface area contributed by atoms with E-state index in [9.17, 15) is 15.4 Å². The van der Waals surface area contributed by atoms with E-state index in [2.05, 4.69) is 15.3 Å². The monoisotopic (exact) mass is 801 g/mol. The molecule has 0 fully saturated rings. The van der Waals surface area contributed by atoms with Crippen LogP contribution < -0.4 is 19.5 Å². The number of amides is 1. The lowest BCUT2D eigenvalue weighted by Gasteiger charge is -2.32. The summed E-state index contributed by atoms with van der Waals surface area (Å²) in [6, 6.07) is 50.4. The standard InChI is InChI=1S/C49H47N5O6/c50-54-52-33-41-19-10-11-20-43(41)46-49(32-37-13-4-1-5-14-37,53-47(60-46)40-22-24-42(25-23-40)57-30-12-29-55)48(56)51-28-27-36-21-26-44(58-34-38-15-6-2-7-16-38)45(31-36)59-35-39-17-8-3-9-18-39/h1-11,13-26,31,46,55H,12,27-30,32-35H2,(H,51,56)/t46-,49-/m1/s1. The fourth-order valence-corrected chi connectivity index (χ4v) is 7.09. The highest BCUT2D eigenvalue weighted by Crippen LogP contribution is 2.44. The van der Waals surface area contributed by atoms with Gasteiger partial charge in [-0.25, -0.2) is 4.99 Å². The molecule has 0 spiro atoms. The third-order valence-electron chi connectivity index (χ3n) is 10.2. The van der Waals surface area contributed by atoms with Crippen LogP contribution in [0.3, 0.4) is 0 Å². The van der Waals surface area contributed by atoms with Gasteiger partial charge in [0.2, 0.25) is 5.90 Å². The van der Waals surface area contributed by atoms with Gasteiger partial charge in [-0.05, 0) is 81.7 Å². The van der Waals surface area contributed by atoms with Crippen molar-refractivity contribution in [3.05, 3.63) is 207 Å². The van der Waals surface area contributed by atoms with Gasteiger partial charge in [0.25, 0.3) is 5.91 Å². The Hall–Kier alpha value is -7.07. The molecule has 0 saturated carbocycles. The Labute approximate surface area is 349 Å². The van der Waals surface area contributed by atoms with Crippen molar-refractivity contribution in [1.29, 1.82) is 0 Å². The predicted molar refractivity (Wildman–Crippen MR) is 231 cm³/mol. The molecule has 1 amide bonds. The Morgan fingerprint density at radius 1 is 0.750 bits per heavy atom. The zero-order chi connectivity index (χ0) is 41.4. The average molecular weight is 802 g/mol. The summed E-state index contributed by atoms with van der Waals surface area (Å²) in [6.45, 7) is 1.55. The minimum atomic E-state index is -1.45. The van der Waals surface area contributed by atoms with Crippen molar-refractivity contribution in [3.63, 3.8) is 0 Å². The lowest BCUT2D eigenvalue weighted by molar-refractivity contribution is -0.128. The SMILES string of the molecule is [N-]=[N+]=NCc1ccccc1[C@H]1OC(c2ccc(OCCCO)cc2)=N[C@@]1(Cc1ccccc1)C(=O)NCCc1ccc(OCc2ccccc2)c(OCc2ccccc2)c1. The van der Waals surface area contributed by atoms with Crippen molar-refractivity contribution in [2.45, 2.75) is 50.7 Å². The molecule has 0 aromatic heterocycles. The zero-order valence-electron chi connectivity index (χ0n) is 33.2. The highest BCUT2D eigenvalue weighted by Gasteiger charge is 2.53. The lowest BCUT2D eigenvalue weighted by Crippen LogP contribution is -2.50. The molecule has 304 valence electrons. The fourth-order valence-electron chi connectivity index (χ4n) is 7.09. The summed E-state index contributed by atoms with van der Waals surface area (Å²) >= 11 is 0. The maximum atomic E-state index is 15.0. The van der Waals surface area contributed by atoms with E-state index in [1.54, 1.807) is 0 Å². The highest BCUT2D eigenvalue weighted by molar-refractivity contribution is 6.01. The third kappa shape index (κ3) is 10.5. The molecule has 2 atom stereocenters. The van der Waals surface area contributed by atoms with E-state index in [-0.39, 0.29) is 25.5 Å². The Balaban J connectivity index is 1.18. The van der Waals surface area contributed by atoms with Crippen LogP contribution in [0.2, 0.25) is 0 Å². The molecule has 11 heteroatoms. The second-order valence-corrected chi connectivity index (χ2v) is 14.4. The molecule has 0 bridgehead atoms. The van der Waals surface area contributed by atoms with E-state index in [0.717, 1.165) is 27.8 Å². The maximum Gasteiger partial charge on any atom is 0.252 e. The molecule has 1 aliphatic rings. The molecular weight excluding hydrogens is 755 g/mol. The lowest BCUT2D eigenvalue weighted by atomic mass is 9.80. The number of aliphatic hydroxyl groups is 1. The summed E-state index contributed by atoms with van der Waals surface area (Å²) in [4.78, 5) is 23.2. The number of ether oxygens (including phenoxy) is 4. The number of aliphatic hydroxyl groups excluding tert-OH is 1. The Morgan fingerprint density at radius 2 is 1.38 bits per heavy atom. The Morgan fingerprint density at radius 3 is 2.05 bits per heavy atom. The minimum Gasteiger partial charge on any atom is -0.494 e. The van der Waals surface area contributed by atoms with E-state index >= 15 is 0 Å². The molecule has 0 radical (unpaired) electrons. The summed E-state index contributed by atoms with van der Waals surface area (Å²) < 4.78 is 25.1. The van der Waals surface area contributed by atoms with Crippen molar-refractivity contribution < 1.29 is 28.8 Å². The van der Waals surface area contributed by atoms with Crippen LogP contribution in [0.25, 0.3) is 10.4 Å². The van der Waals surface area contributed by atoms with Gasteiger partial charge in [-0.2, -0.15) is 0 Å². The first-order valence-electron chi connectivity index (χ1n) is 20.0. The van der Waals surface area contributed by atoms with Crippen LogP contribution in [0.5, 0.6) is 17.2 Å². The summed E-state index contributed by atoms with van der Waals surface area (Å²) in [7, 11) is 0. The van der Waals surface area contributed by atoms with Gasteiger partial charge in [-0.15, -0.1) is 0 Å². The number of carbonyl (C=O) groups excluding carboxylic acids is 1. The Bertz CT molecular complexity index is 2390. The van der Waals surface area contributed by atoms with Crippen LogP contribution in [-0.4, -0.2) is 42.2 Å². The van der Waals surface area contributed by atoms with Crippen LogP contribution in [0.1, 0.15) is 51.5 Å². The first-order chi connectivity index (χ1) is 29.5. The number of hydrogen-bond donors (Lipinski definition) is 2.